The first-order valence-corrected chi connectivity index (χ1v) is 6.31. The Hall–Kier alpha value is -1.41. The van der Waals surface area contributed by atoms with Crippen LogP contribution in [0.25, 0.3) is 0 Å². The summed E-state index contributed by atoms with van der Waals surface area (Å²) in [5.41, 5.74) is 4.27. The topological polar surface area (TPSA) is 22.4 Å². The molecule has 1 atom stereocenters. The van der Waals surface area contributed by atoms with Crippen LogP contribution in [0.1, 0.15) is 33.4 Å². The summed E-state index contributed by atoms with van der Waals surface area (Å²) in [6.07, 6.45) is 1.67. The van der Waals surface area contributed by atoms with E-state index < -0.39 is 0 Å². The monoisotopic (exact) mass is 264 g/mol. The van der Waals surface area contributed by atoms with E-state index in [2.05, 4.69) is 12.1 Å². The number of halogens is 1. The van der Waals surface area contributed by atoms with Crippen LogP contribution < -0.4 is 4.74 Å². The molecule has 0 N–H and O–H groups in total. The van der Waals surface area contributed by atoms with Gasteiger partial charge < -0.3 is 9.15 Å². The molecule has 0 saturated heterocycles. The number of hydrogen-bond acceptors (Lipinski definition) is 2. The molecule has 18 heavy (non-hydrogen) atoms. The molecular formula is C15H17ClO2. The Morgan fingerprint density at radius 3 is 2.22 bits per heavy atom. The van der Waals surface area contributed by atoms with Crippen molar-refractivity contribution in [2.75, 3.05) is 7.11 Å². The number of benzene rings is 1. The van der Waals surface area contributed by atoms with Crippen LogP contribution in [-0.2, 0) is 0 Å². The molecule has 0 radical (unpaired) electrons. The third-order valence-corrected chi connectivity index (χ3v) is 3.64. The van der Waals surface area contributed by atoms with Crippen LogP contribution in [0.2, 0.25) is 0 Å². The Balaban J connectivity index is 2.43. The molecule has 1 heterocycles. The third kappa shape index (κ3) is 2.25. The number of ether oxygens (including phenoxy) is 1. The summed E-state index contributed by atoms with van der Waals surface area (Å²) in [5, 5.41) is -0.188. The van der Waals surface area contributed by atoms with Crippen LogP contribution in [0.15, 0.2) is 28.9 Å². The highest BCUT2D eigenvalue weighted by molar-refractivity contribution is 6.22. The van der Waals surface area contributed by atoms with E-state index >= 15 is 0 Å². The van der Waals surface area contributed by atoms with Gasteiger partial charge in [-0.05, 0) is 43.5 Å². The minimum Gasteiger partial charge on any atom is -0.496 e. The van der Waals surface area contributed by atoms with Gasteiger partial charge in [-0.25, -0.2) is 0 Å². The van der Waals surface area contributed by atoms with E-state index in [1.807, 2.05) is 26.8 Å². The maximum atomic E-state index is 6.52. The largest absolute Gasteiger partial charge is 0.496 e. The SMILES string of the molecule is COc1c(C)cc(C(Cl)c2ccoc2C)cc1C. The molecule has 0 amide bonds. The summed E-state index contributed by atoms with van der Waals surface area (Å²) in [4.78, 5) is 0. The van der Waals surface area contributed by atoms with Crippen molar-refractivity contribution in [1.29, 1.82) is 0 Å². The van der Waals surface area contributed by atoms with Gasteiger partial charge in [-0.3, -0.25) is 0 Å². The van der Waals surface area contributed by atoms with Crippen LogP contribution in [0.4, 0.5) is 0 Å². The van der Waals surface area contributed by atoms with Crippen molar-refractivity contribution in [2.45, 2.75) is 26.1 Å². The molecule has 96 valence electrons. The highest BCUT2D eigenvalue weighted by atomic mass is 35.5. The lowest BCUT2D eigenvalue weighted by Crippen LogP contribution is -1.98. The summed E-state index contributed by atoms with van der Waals surface area (Å²) >= 11 is 6.52. The maximum Gasteiger partial charge on any atom is 0.124 e. The van der Waals surface area contributed by atoms with Crippen LogP contribution in [0, 0.1) is 20.8 Å². The van der Waals surface area contributed by atoms with Gasteiger partial charge in [0.2, 0.25) is 0 Å². The molecule has 0 aliphatic heterocycles. The first kappa shape index (κ1) is 13.0. The van der Waals surface area contributed by atoms with E-state index in [9.17, 15) is 0 Å². The minimum absolute atomic E-state index is 0.188. The van der Waals surface area contributed by atoms with Gasteiger partial charge in [0, 0.05) is 5.56 Å². The number of rotatable bonds is 3. The van der Waals surface area contributed by atoms with Crippen molar-refractivity contribution in [1.82, 2.24) is 0 Å². The number of hydrogen-bond donors (Lipinski definition) is 0. The fourth-order valence-electron chi connectivity index (χ4n) is 2.29. The maximum absolute atomic E-state index is 6.52. The van der Waals surface area contributed by atoms with Crippen molar-refractivity contribution < 1.29 is 9.15 Å². The van der Waals surface area contributed by atoms with E-state index in [1.165, 1.54) is 0 Å². The minimum atomic E-state index is -0.188. The molecule has 0 saturated carbocycles. The first-order valence-electron chi connectivity index (χ1n) is 5.87. The second-order valence-electron chi connectivity index (χ2n) is 4.48. The lowest BCUT2D eigenvalue weighted by Gasteiger charge is -2.14. The molecule has 0 bridgehead atoms. The van der Waals surface area contributed by atoms with Crippen molar-refractivity contribution in [2.24, 2.45) is 0 Å². The number of alkyl halides is 1. The van der Waals surface area contributed by atoms with Gasteiger partial charge in [0.25, 0.3) is 0 Å². The van der Waals surface area contributed by atoms with Crippen LogP contribution in [-0.4, -0.2) is 7.11 Å². The average Bonchev–Trinajstić information content (AvgIpc) is 2.74. The third-order valence-electron chi connectivity index (χ3n) is 3.15. The van der Waals surface area contributed by atoms with Crippen molar-refractivity contribution in [3.63, 3.8) is 0 Å². The average molecular weight is 265 g/mol. The normalized spacial score (nSPS) is 12.5. The van der Waals surface area contributed by atoms with Gasteiger partial charge in [-0.1, -0.05) is 12.1 Å². The molecule has 2 aromatic rings. The van der Waals surface area contributed by atoms with E-state index in [-0.39, 0.29) is 5.38 Å². The van der Waals surface area contributed by atoms with Gasteiger partial charge in [0.15, 0.2) is 0 Å². The molecule has 0 fully saturated rings. The zero-order valence-corrected chi connectivity index (χ0v) is 11.8. The summed E-state index contributed by atoms with van der Waals surface area (Å²) < 4.78 is 10.7. The molecular weight excluding hydrogens is 248 g/mol. The van der Waals surface area contributed by atoms with Gasteiger partial charge in [0.05, 0.1) is 18.8 Å². The van der Waals surface area contributed by atoms with Crippen molar-refractivity contribution in [3.05, 3.63) is 52.5 Å². The van der Waals surface area contributed by atoms with Crippen LogP contribution in [0.3, 0.4) is 0 Å². The summed E-state index contributed by atoms with van der Waals surface area (Å²) in [6, 6.07) is 6.05. The predicted molar refractivity (Wildman–Crippen MR) is 73.6 cm³/mol. The van der Waals surface area contributed by atoms with Crippen molar-refractivity contribution in [3.8, 4) is 5.75 Å². The van der Waals surface area contributed by atoms with Gasteiger partial charge in [-0.2, -0.15) is 0 Å². The highest BCUT2D eigenvalue weighted by Gasteiger charge is 2.17. The fraction of sp³-hybridized carbons (Fsp3) is 0.333. The summed E-state index contributed by atoms with van der Waals surface area (Å²) in [7, 11) is 1.69. The fourth-order valence-corrected chi connectivity index (χ4v) is 2.64. The molecule has 3 heteroatoms. The molecule has 2 nitrogen and oxygen atoms in total. The Morgan fingerprint density at radius 2 is 1.78 bits per heavy atom. The lowest BCUT2D eigenvalue weighted by atomic mass is 9.99. The Labute approximate surface area is 113 Å². The number of methoxy groups -OCH3 is 1. The van der Waals surface area contributed by atoms with E-state index in [4.69, 9.17) is 20.8 Å². The van der Waals surface area contributed by atoms with Gasteiger partial charge >= 0.3 is 0 Å². The predicted octanol–water partition coefficient (Wildman–Crippen LogP) is 4.54. The van der Waals surface area contributed by atoms with E-state index in [0.29, 0.717) is 0 Å². The number of furan rings is 1. The lowest BCUT2D eigenvalue weighted by molar-refractivity contribution is 0.408. The van der Waals surface area contributed by atoms with Crippen molar-refractivity contribution >= 4 is 11.6 Å². The van der Waals surface area contributed by atoms with Crippen LogP contribution >= 0.6 is 11.6 Å². The zero-order valence-electron chi connectivity index (χ0n) is 11.1. The smallest absolute Gasteiger partial charge is 0.124 e. The molecule has 0 aliphatic rings. The quantitative estimate of drug-likeness (QED) is 0.760. The molecule has 1 unspecified atom stereocenters. The van der Waals surface area contributed by atoms with Gasteiger partial charge in [0.1, 0.15) is 11.5 Å². The molecule has 1 aromatic carbocycles. The second kappa shape index (κ2) is 5.07. The second-order valence-corrected chi connectivity index (χ2v) is 4.92. The Kier molecular flexibility index (Phi) is 3.67. The number of aryl methyl sites for hydroxylation is 3. The molecule has 0 spiro atoms. The Bertz CT molecular complexity index is 534. The van der Waals surface area contributed by atoms with Crippen LogP contribution in [0.5, 0.6) is 5.75 Å². The van der Waals surface area contributed by atoms with Gasteiger partial charge in [-0.15, -0.1) is 11.6 Å². The standard InChI is InChI=1S/C15H17ClO2/c1-9-7-12(8-10(2)15(9)17-4)14(16)13-5-6-18-11(13)3/h5-8,14H,1-4H3. The summed E-state index contributed by atoms with van der Waals surface area (Å²) in [5.74, 6) is 1.78. The molecule has 1 aromatic heterocycles. The zero-order chi connectivity index (χ0) is 13.3. The summed E-state index contributed by atoms with van der Waals surface area (Å²) in [6.45, 7) is 5.98. The van der Waals surface area contributed by atoms with E-state index in [1.54, 1.807) is 13.4 Å². The molecule has 2 rings (SSSR count). The Morgan fingerprint density at radius 1 is 1.17 bits per heavy atom. The molecule has 0 aliphatic carbocycles. The van der Waals surface area contributed by atoms with E-state index in [0.717, 1.165) is 33.8 Å². The highest BCUT2D eigenvalue weighted by Crippen LogP contribution is 2.35. The first-order chi connectivity index (χ1) is 8.54.